The quantitative estimate of drug-likeness (QED) is 0.0212. The molecule has 0 aliphatic rings. The number of hydrogen-bond acceptors (Lipinski definition) is 7. The Morgan fingerprint density at radius 2 is 0.919 bits per heavy atom. The van der Waals surface area contributed by atoms with Crippen molar-refractivity contribution in [2.45, 2.75) is 225 Å². The molecule has 0 aromatic rings. The molecule has 0 bridgehead atoms. The summed E-state index contributed by atoms with van der Waals surface area (Å²) in [5.74, 6) is -0.819. The fourth-order valence-electron chi connectivity index (χ4n) is 6.95. The lowest BCUT2D eigenvalue weighted by molar-refractivity contribution is -0.870. The number of ether oxygens (including phenoxy) is 2. The second-order valence-corrected chi connectivity index (χ2v) is 19.6. The summed E-state index contributed by atoms with van der Waals surface area (Å²) >= 11 is 0. The maximum absolute atomic E-state index is 12.7. The zero-order chi connectivity index (χ0) is 45.7. The highest BCUT2D eigenvalue weighted by Crippen LogP contribution is 2.43. The van der Waals surface area contributed by atoms with E-state index in [2.05, 4.69) is 62.5 Å². The molecule has 62 heavy (non-hydrogen) atoms. The molecule has 0 aliphatic heterocycles. The summed E-state index contributed by atoms with van der Waals surface area (Å²) in [4.78, 5) is 35.5. The average molecular weight is 895 g/mol. The number of rotatable bonds is 46. The molecule has 1 N–H and O–H groups in total. The molecule has 0 radical (unpaired) electrons. The average Bonchev–Trinajstić information content (AvgIpc) is 3.23. The summed E-state index contributed by atoms with van der Waals surface area (Å²) in [5.41, 5.74) is 0. The van der Waals surface area contributed by atoms with Crippen molar-refractivity contribution in [3.63, 3.8) is 0 Å². The molecule has 0 aromatic carbocycles. The summed E-state index contributed by atoms with van der Waals surface area (Å²) < 4.78 is 34.4. The Bertz CT molecular complexity index is 1190. The van der Waals surface area contributed by atoms with E-state index in [1.54, 1.807) is 0 Å². The molecule has 0 fully saturated rings. The summed E-state index contributed by atoms with van der Waals surface area (Å²) in [6.45, 7) is 4.31. The highest BCUT2D eigenvalue weighted by atomic mass is 31.2. The maximum atomic E-state index is 12.7. The first-order valence-electron chi connectivity index (χ1n) is 25.4. The van der Waals surface area contributed by atoms with Crippen LogP contribution in [0.15, 0.2) is 48.6 Å². The summed E-state index contributed by atoms with van der Waals surface area (Å²) in [5, 5.41) is 0. The minimum absolute atomic E-state index is 0.0263. The normalized spacial score (nSPS) is 13.8. The minimum Gasteiger partial charge on any atom is -0.462 e. The van der Waals surface area contributed by atoms with Gasteiger partial charge in [-0.25, -0.2) is 4.57 Å². The molecule has 0 saturated heterocycles. The lowest BCUT2D eigenvalue weighted by Gasteiger charge is -2.24. The number of carbonyl (C=O) groups excluding carboxylic acids is 2. The van der Waals surface area contributed by atoms with Gasteiger partial charge in [0.05, 0.1) is 27.7 Å². The molecule has 0 amide bonds. The van der Waals surface area contributed by atoms with Gasteiger partial charge in [-0.05, 0) is 51.4 Å². The van der Waals surface area contributed by atoms with Crippen molar-refractivity contribution in [1.82, 2.24) is 0 Å². The van der Waals surface area contributed by atoms with Gasteiger partial charge in [-0.1, -0.05) is 204 Å². The van der Waals surface area contributed by atoms with Crippen LogP contribution in [-0.4, -0.2) is 74.9 Å². The number of phosphoric acid groups is 1. The van der Waals surface area contributed by atoms with Gasteiger partial charge in [0.15, 0.2) is 6.10 Å². The summed E-state index contributed by atoms with van der Waals surface area (Å²) in [6, 6.07) is 0. The molecule has 2 unspecified atom stereocenters. The van der Waals surface area contributed by atoms with Crippen LogP contribution in [0.3, 0.4) is 0 Å². The van der Waals surface area contributed by atoms with Gasteiger partial charge in [-0.2, -0.15) is 0 Å². The van der Waals surface area contributed by atoms with E-state index in [1.165, 1.54) is 116 Å². The number of carbonyl (C=O) groups is 2. The van der Waals surface area contributed by atoms with E-state index in [4.69, 9.17) is 18.5 Å². The van der Waals surface area contributed by atoms with E-state index in [1.807, 2.05) is 21.1 Å². The van der Waals surface area contributed by atoms with Gasteiger partial charge in [0, 0.05) is 12.8 Å². The third-order valence-corrected chi connectivity index (χ3v) is 11.9. The Balaban J connectivity index is 4.26. The lowest BCUT2D eigenvalue weighted by Crippen LogP contribution is -2.37. The van der Waals surface area contributed by atoms with Crippen molar-refractivity contribution in [2.24, 2.45) is 0 Å². The monoisotopic (exact) mass is 895 g/mol. The first-order chi connectivity index (χ1) is 30.0. The van der Waals surface area contributed by atoms with E-state index in [9.17, 15) is 19.0 Å². The highest BCUT2D eigenvalue weighted by Gasteiger charge is 2.27. The molecule has 9 nitrogen and oxygen atoms in total. The zero-order valence-electron chi connectivity index (χ0n) is 40.9. The van der Waals surface area contributed by atoms with Crippen molar-refractivity contribution >= 4 is 19.8 Å². The molecular weight excluding hydrogens is 798 g/mol. The molecule has 362 valence electrons. The van der Waals surface area contributed by atoms with Crippen LogP contribution >= 0.6 is 7.82 Å². The largest absolute Gasteiger partial charge is 0.472 e. The third kappa shape index (κ3) is 47.4. The maximum Gasteiger partial charge on any atom is 0.472 e. The van der Waals surface area contributed by atoms with Gasteiger partial charge in [-0.15, -0.1) is 0 Å². The number of esters is 2. The molecule has 0 aliphatic carbocycles. The molecule has 2 atom stereocenters. The van der Waals surface area contributed by atoms with E-state index in [0.29, 0.717) is 17.4 Å². The van der Waals surface area contributed by atoms with Crippen LogP contribution in [0.25, 0.3) is 0 Å². The second-order valence-electron chi connectivity index (χ2n) is 18.2. The standard InChI is InChI=1S/C52H96NO8P/c1-6-8-10-12-14-16-18-20-22-24-25-26-27-29-30-32-34-36-38-40-42-44-51(54)58-48-50(49-60-62(56,57)59-47-46-53(3,4)5)61-52(55)45-43-41-39-37-35-33-31-28-23-21-19-17-15-13-11-9-7-2/h9,11,15,17,21,23,31,33,50H,6-8,10,12-14,16,18-20,22,24-30,32,34-49H2,1-5H3/p+1/b11-9-,17-15-,23-21-,33-31-. The second kappa shape index (κ2) is 44.2. The first-order valence-corrected chi connectivity index (χ1v) is 26.9. The number of nitrogens with zero attached hydrogens (tertiary/aromatic N) is 1. The molecule has 0 spiro atoms. The van der Waals surface area contributed by atoms with Crippen molar-refractivity contribution in [3.8, 4) is 0 Å². The predicted molar refractivity (Wildman–Crippen MR) is 261 cm³/mol. The Hall–Kier alpha value is -2.03. The van der Waals surface area contributed by atoms with Crippen molar-refractivity contribution in [3.05, 3.63) is 48.6 Å². The molecule has 0 aromatic heterocycles. The van der Waals surface area contributed by atoms with E-state index >= 15 is 0 Å². The van der Waals surface area contributed by atoms with Crippen LogP contribution < -0.4 is 0 Å². The Kier molecular flexibility index (Phi) is 42.7. The van der Waals surface area contributed by atoms with Gasteiger partial charge in [0.25, 0.3) is 0 Å². The number of phosphoric ester groups is 1. The van der Waals surface area contributed by atoms with Gasteiger partial charge >= 0.3 is 19.8 Å². The van der Waals surface area contributed by atoms with Gasteiger partial charge in [0.1, 0.15) is 19.8 Å². The van der Waals surface area contributed by atoms with Crippen molar-refractivity contribution in [1.29, 1.82) is 0 Å². The summed E-state index contributed by atoms with van der Waals surface area (Å²) in [7, 11) is 1.46. The number of likely N-dealkylation sites (N-methyl/N-ethyl adjacent to an activating group) is 1. The molecule has 10 heteroatoms. The van der Waals surface area contributed by atoms with Crippen LogP contribution in [0, 0.1) is 0 Å². The third-order valence-electron chi connectivity index (χ3n) is 10.9. The zero-order valence-corrected chi connectivity index (χ0v) is 41.7. The Morgan fingerprint density at radius 3 is 1.37 bits per heavy atom. The number of hydrogen-bond donors (Lipinski definition) is 1. The van der Waals surface area contributed by atoms with Crippen molar-refractivity contribution < 1.29 is 42.1 Å². The van der Waals surface area contributed by atoms with Crippen LogP contribution in [0.4, 0.5) is 0 Å². The smallest absolute Gasteiger partial charge is 0.462 e. The molecule has 0 saturated carbocycles. The SMILES string of the molecule is CC/C=C\C/C=C\C/C=C\C/C=C\CCCCCCC(=O)OC(COC(=O)CCCCCCCCCCCCCCCCCCCCCCC)COP(=O)(O)OCC[N+](C)(C)C. The first kappa shape index (κ1) is 60.0. The molecular formula is C52H97NO8P+. The van der Waals surface area contributed by atoms with Gasteiger partial charge < -0.3 is 18.9 Å². The number of quaternary nitrogens is 1. The fraction of sp³-hybridized carbons (Fsp3) is 0.808. The molecule has 0 heterocycles. The van der Waals surface area contributed by atoms with E-state index in [0.717, 1.165) is 70.6 Å². The highest BCUT2D eigenvalue weighted by molar-refractivity contribution is 7.47. The number of unbranched alkanes of at least 4 members (excludes halogenated alkanes) is 24. The lowest BCUT2D eigenvalue weighted by atomic mass is 10.0. The molecule has 0 rings (SSSR count). The van der Waals surface area contributed by atoms with Crippen molar-refractivity contribution in [2.75, 3.05) is 47.5 Å². The predicted octanol–water partition coefficient (Wildman–Crippen LogP) is 15.0. The topological polar surface area (TPSA) is 108 Å². The van der Waals surface area contributed by atoms with Gasteiger partial charge in [-0.3, -0.25) is 18.6 Å². The van der Waals surface area contributed by atoms with Gasteiger partial charge in [0.2, 0.25) is 0 Å². The fourth-order valence-corrected chi connectivity index (χ4v) is 7.69. The van der Waals surface area contributed by atoms with Crippen LogP contribution in [-0.2, 0) is 32.7 Å². The van der Waals surface area contributed by atoms with E-state index in [-0.39, 0.29) is 32.0 Å². The van der Waals surface area contributed by atoms with E-state index < -0.39 is 26.5 Å². The summed E-state index contributed by atoms with van der Waals surface area (Å²) in [6.07, 6.45) is 53.1. The van der Waals surface area contributed by atoms with Crippen LogP contribution in [0.1, 0.15) is 219 Å². The van der Waals surface area contributed by atoms with Crippen LogP contribution in [0.2, 0.25) is 0 Å². The Morgan fingerprint density at radius 1 is 0.516 bits per heavy atom. The minimum atomic E-state index is -4.39. The van der Waals surface area contributed by atoms with Crippen LogP contribution in [0.5, 0.6) is 0 Å². The number of allylic oxidation sites excluding steroid dienone is 8. The Labute approximate surface area is 382 Å².